The second-order valence-electron chi connectivity index (χ2n) is 6.51. The molecule has 156 valence electrons. The van der Waals surface area contributed by atoms with Crippen molar-refractivity contribution < 1.29 is 17.9 Å². The lowest BCUT2D eigenvalue weighted by Gasteiger charge is -2.19. The molecule has 11 heteroatoms. The molecule has 0 aliphatic heterocycles. The number of halogens is 1. The number of pyridine rings is 2. The molecule has 3 heterocycles. The zero-order valence-electron chi connectivity index (χ0n) is 16.4. The number of aromatic amines is 1. The van der Waals surface area contributed by atoms with Crippen molar-refractivity contribution in [2.45, 2.75) is 19.9 Å². The molecule has 0 radical (unpaired) electrons. The predicted molar refractivity (Wildman–Crippen MR) is 113 cm³/mol. The zero-order valence-corrected chi connectivity index (χ0v) is 18.8. The van der Waals surface area contributed by atoms with Crippen LogP contribution in [0.15, 0.2) is 27.6 Å². The van der Waals surface area contributed by atoms with Crippen LogP contribution >= 0.6 is 15.9 Å². The molecule has 0 saturated carbocycles. The lowest BCUT2D eigenvalue weighted by Crippen LogP contribution is -2.29. The van der Waals surface area contributed by atoms with Crippen molar-refractivity contribution in [2.75, 3.05) is 25.7 Å². The van der Waals surface area contributed by atoms with Crippen LogP contribution in [0.5, 0.6) is 11.6 Å². The van der Waals surface area contributed by atoms with E-state index >= 15 is 0 Å². The molecular formula is C18H21BrN4O5S. The highest BCUT2D eigenvalue weighted by molar-refractivity contribution is 9.10. The molecule has 0 amide bonds. The maximum atomic E-state index is 12.8. The summed E-state index contributed by atoms with van der Waals surface area (Å²) in [5, 5.41) is 0. The molecule has 3 rings (SSSR count). The summed E-state index contributed by atoms with van der Waals surface area (Å²) < 4.78 is 37.2. The Morgan fingerprint density at radius 3 is 2.69 bits per heavy atom. The minimum Gasteiger partial charge on any atom is -0.491 e. The molecule has 9 nitrogen and oxygen atoms in total. The number of nitrogens with zero attached hydrogens (tertiary/aromatic N) is 3. The molecular weight excluding hydrogens is 464 g/mol. The molecule has 0 aromatic carbocycles. The topological polar surface area (TPSA) is 116 Å². The highest BCUT2D eigenvalue weighted by atomic mass is 79.9. The Bertz CT molecular complexity index is 1220. The average molecular weight is 485 g/mol. The van der Waals surface area contributed by atoms with Crippen molar-refractivity contribution in [3.05, 3.63) is 44.5 Å². The number of aromatic nitrogens is 4. The number of hydrogen-bond donors (Lipinski definition) is 1. The van der Waals surface area contributed by atoms with Crippen molar-refractivity contribution >= 4 is 36.9 Å². The molecule has 0 saturated heterocycles. The van der Waals surface area contributed by atoms with E-state index in [2.05, 4.69) is 30.9 Å². The van der Waals surface area contributed by atoms with Crippen LogP contribution in [0.3, 0.4) is 0 Å². The molecule has 0 aliphatic carbocycles. The maximum absolute atomic E-state index is 12.8. The molecule has 3 aromatic rings. The van der Waals surface area contributed by atoms with Gasteiger partial charge in [-0.25, -0.2) is 23.2 Å². The molecule has 0 aliphatic rings. The number of hydrogen-bond acceptors (Lipinski definition) is 7. The number of nitrogens with one attached hydrogen (secondary N) is 1. The molecule has 0 spiro atoms. The minimum absolute atomic E-state index is 0.228. The average Bonchev–Trinajstić information content (AvgIpc) is 2.99. The summed E-state index contributed by atoms with van der Waals surface area (Å²) >= 11 is 3.39. The van der Waals surface area contributed by atoms with Crippen LogP contribution in [0.4, 0.5) is 0 Å². The normalized spacial score (nSPS) is 12.9. The number of fused-ring (bicyclic) bond motifs is 1. The lowest BCUT2D eigenvalue weighted by atomic mass is 10.2. The van der Waals surface area contributed by atoms with Crippen LogP contribution in [-0.2, 0) is 9.84 Å². The van der Waals surface area contributed by atoms with Gasteiger partial charge in [-0.05, 0) is 47.5 Å². The van der Waals surface area contributed by atoms with Gasteiger partial charge in [0.25, 0.3) is 5.88 Å². The summed E-state index contributed by atoms with van der Waals surface area (Å²) in [4.78, 5) is 24.4. The van der Waals surface area contributed by atoms with Crippen molar-refractivity contribution in [3.8, 4) is 11.6 Å². The van der Waals surface area contributed by atoms with Gasteiger partial charge in [0.2, 0.25) is 0 Å². The Kier molecular flexibility index (Phi) is 5.99. The van der Waals surface area contributed by atoms with Crippen LogP contribution in [0.25, 0.3) is 11.2 Å². The Morgan fingerprint density at radius 2 is 2.07 bits per heavy atom. The van der Waals surface area contributed by atoms with Crippen LogP contribution in [0, 0.1) is 6.92 Å². The maximum Gasteiger partial charge on any atom is 0.328 e. The second kappa shape index (κ2) is 8.15. The second-order valence-corrected chi connectivity index (χ2v) is 9.55. The van der Waals surface area contributed by atoms with Gasteiger partial charge < -0.3 is 14.5 Å². The first-order valence-corrected chi connectivity index (χ1v) is 11.6. The highest BCUT2D eigenvalue weighted by Gasteiger charge is 2.27. The van der Waals surface area contributed by atoms with Crippen LogP contribution in [0.1, 0.15) is 24.2 Å². The predicted octanol–water partition coefficient (Wildman–Crippen LogP) is 2.23. The Hall–Kier alpha value is -2.40. The smallest absolute Gasteiger partial charge is 0.328 e. The van der Waals surface area contributed by atoms with E-state index in [9.17, 15) is 13.2 Å². The van der Waals surface area contributed by atoms with Crippen LogP contribution in [0.2, 0.25) is 0 Å². The van der Waals surface area contributed by atoms with Crippen molar-refractivity contribution in [1.29, 1.82) is 0 Å². The monoisotopic (exact) mass is 484 g/mol. The van der Waals surface area contributed by atoms with E-state index in [1.165, 1.54) is 11.7 Å². The number of imidazole rings is 1. The lowest BCUT2D eigenvalue weighted by molar-refractivity contribution is 0.296. The first kappa shape index (κ1) is 21.3. The number of ether oxygens (including phenoxy) is 2. The number of methoxy groups -OCH3 is 1. The number of sulfone groups is 1. The van der Waals surface area contributed by atoms with E-state index in [1.807, 2.05) is 6.92 Å². The van der Waals surface area contributed by atoms with Gasteiger partial charge in [-0.15, -0.1) is 0 Å². The van der Waals surface area contributed by atoms with Gasteiger partial charge in [0.1, 0.15) is 9.84 Å². The molecule has 3 aromatic heterocycles. The van der Waals surface area contributed by atoms with E-state index in [-0.39, 0.29) is 11.6 Å². The van der Waals surface area contributed by atoms with Gasteiger partial charge in [0.15, 0.2) is 11.4 Å². The SMILES string of the molecule is CCOc1nc([C@@H](CS(C)(=O)=O)n2c(=O)[nH]c3c(C)c(Br)cnc32)ccc1OC. The Labute approximate surface area is 176 Å². The van der Waals surface area contributed by atoms with Crippen molar-refractivity contribution in [1.82, 2.24) is 19.5 Å². The Morgan fingerprint density at radius 1 is 1.34 bits per heavy atom. The van der Waals surface area contributed by atoms with Gasteiger partial charge in [-0.2, -0.15) is 0 Å². The third kappa shape index (κ3) is 4.30. The van der Waals surface area contributed by atoms with Gasteiger partial charge in [0.05, 0.1) is 36.7 Å². The highest BCUT2D eigenvalue weighted by Crippen LogP contribution is 2.30. The summed E-state index contributed by atoms with van der Waals surface area (Å²) in [6.07, 6.45) is 2.69. The Balaban J connectivity index is 2.27. The molecule has 1 atom stereocenters. The third-order valence-electron chi connectivity index (χ3n) is 4.40. The molecule has 0 fully saturated rings. The summed E-state index contributed by atoms with van der Waals surface area (Å²) in [5.74, 6) is 0.310. The fourth-order valence-electron chi connectivity index (χ4n) is 3.05. The van der Waals surface area contributed by atoms with Gasteiger partial charge in [0, 0.05) is 16.9 Å². The first-order valence-electron chi connectivity index (χ1n) is 8.77. The van der Waals surface area contributed by atoms with Crippen LogP contribution < -0.4 is 15.2 Å². The zero-order chi connectivity index (χ0) is 21.3. The molecule has 0 bridgehead atoms. The van der Waals surface area contributed by atoms with E-state index in [4.69, 9.17) is 9.47 Å². The van der Waals surface area contributed by atoms with Crippen LogP contribution in [-0.4, -0.2) is 53.7 Å². The number of rotatable bonds is 7. The standard InChI is InChI=1S/C18H21BrN4O5S/c1-5-28-17-14(27-3)7-6-12(21-17)13(9-29(4,25)26)23-16-15(22-18(23)24)10(2)11(19)8-20-16/h6-8,13H,5,9H2,1-4H3,(H,22,24)/t13-/m1/s1. The minimum atomic E-state index is -3.46. The van der Waals surface area contributed by atoms with Crippen molar-refractivity contribution in [3.63, 3.8) is 0 Å². The molecule has 0 unspecified atom stereocenters. The quantitative estimate of drug-likeness (QED) is 0.546. The molecule has 1 N–H and O–H groups in total. The molecule has 29 heavy (non-hydrogen) atoms. The van der Waals surface area contributed by atoms with Gasteiger partial charge >= 0.3 is 5.69 Å². The van der Waals surface area contributed by atoms with Gasteiger partial charge in [-0.3, -0.25) is 4.57 Å². The summed E-state index contributed by atoms with van der Waals surface area (Å²) in [6, 6.07) is 2.36. The fourth-order valence-corrected chi connectivity index (χ4v) is 4.25. The summed E-state index contributed by atoms with van der Waals surface area (Å²) in [7, 11) is -1.98. The van der Waals surface area contributed by atoms with E-state index in [0.29, 0.717) is 29.2 Å². The number of H-pyrrole nitrogens is 1. The number of aryl methyl sites for hydroxylation is 1. The van der Waals surface area contributed by atoms with E-state index < -0.39 is 21.6 Å². The largest absolute Gasteiger partial charge is 0.491 e. The van der Waals surface area contributed by atoms with E-state index in [1.54, 1.807) is 25.3 Å². The van der Waals surface area contributed by atoms with E-state index in [0.717, 1.165) is 16.3 Å². The summed E-state index contributed by atoms with van der Waals surface area (Å²) in [5.41, 5.74) is 1.55. The van der Waals surface area contributed by atoms with Gasteiger partial charge in [-0.1, -0.05) is 0 Å². The fraction of sp³-hybridized carbons (Fsp3) is 0.389. The summed E-state index contributed by atoms with van der Waals surface area (Å²) in [6.45, 7) is 3.99. The van der Waals surface area contributed by atoms with Crippen molar-refractivity contribution in [2.24, 2.45) is 0 Å². The third-order valence-corrected chi connectivity index (χ3v) is 6.12. The first-order chi connectivity index (χ1) is 13.7.